The van der Waals surface area contributed by atoms with Gasteiger partial charge in [-0.3, -0.25) is 9.69 Å². The van der Waals surface area contributed by atoms with Crippen molar-refractivity contribution in [2.24, 2.45) is 0 Å². The summed E-state index contributed by atoms with van der Waals surface area (Å²) in [6.45, 7) is 2.02. The average Bonchev–Trinajstić information content (AvgIpc) is 2.63. The normalized spacial score (nSPS) is 16.6. The molecule has 1 atom stereocenters. The number of hydrogen-bond donors (Lipinski definition) is 0. The number of fused-ring (bicyclic) bond motifs is 1. The van der Waals surface area contributed by atoms with Crippen LogP contribution in [0.5, 0.6) is 0 Å². The van der Waals surface area contributed by atoms with E-state index < -0.39 is 0 Å². The van der Waals surface area contributed by atoms with Crippen molar-refractivity contribution in [3.8, 4) is 0 Å². The fourth-order valence-corrected chi connectivity index (χ4v) is 4.25. The Balaban J connectivity index is 1.85. The highest BCUT2D eigenvalue weighted by Crippen LogP contribution is 2.46. The van der Waals surface area contributed by atoms with Gasteiger partial charge in [-0.05, 0) is 48.9 Å². The maximum atomic E-state index is 13.3. The third-order valence-corrected chi connectivity index (χ3v) is 5.59. The van der Waals surface area contributed by atoms with Crippen molar-refractivity contribution in [2.45, 2.75) is 17.2 Å². The Bertz CT molecular complexity index is 921. The minimum Gasteiger partial charge on any atom is -0.291 e. The molecule has 1 unspecified atom stereocenters. The number of nitrogens with zero attached hydrogens (tertiary/aromatic N) is 1. The summed E-state index contributed by atoms with van der Waals surface area (Å²) in [6, 6.07) is 21.9. The second kappa shape index (κ2) is 6.37. The van der Waals surface area contributed by atoms with Crippen molar-refractivity contribution in [1.82, 2.24) is 0 Å². The smallest absolute Gasteiger partial charge is 0.260 e. The van der Waals surface area contributed by atoms with Crippen molar-refractivity contribution in [2.75, 3.05) is 4.90 Å². The molecule has 3 aromatic rings. The molecule has 4 rings (SSSR count). The molecule has 1 aliphatic heterocycles. The lowest BCUT2D eigenvalue weighted by molar-refractivity contribution is 0.0979. The van der Waals surface area contributed by atoms with E-state index in [1.807, 2.05) is 55.5 Å². The molecule has 25 heavy (non-hydrogen) atoms. The maximum absolute atomic E-state index is 13.3. The summed E-state index contributed by atoms with van der Waals surface area (Å²) in [6.07, 6.45) is 0. The fraction of sp³-hybridized carbons (Fsp3) is 0.0952. The number of carbonyl (C=O) groups is 1. The second-order valence-electron chi connectivity index (χ2n) is 6.03. The van der Waals surface area contributed by atoms with E-state index in [2.05, 4.69) is 0 Å². The average molecular weight is 349 g/mol. The molecule has 1 heterocycles. The fourth-order valence-electron chi connectivity index (χ4n) is 2.96. The lowest BCUT2D eigenvalue weighted by atomic mass is 10.1. The van der Waals surface area contributed by atoms with Crippen LogP contribution >= 0.6 is 11.8 Å². The molecule has 2 nitrogen and oxygen atoms in total. The Hall–Kier alpha value is -2.59. The molecule has 0 aliphatic carbocycles. The van der Waals surface area contributed by atoms with Gasteiger partial charge in [0, 0.05) is 10.6 Å². The van der Waals surface area contributed by atoms with Crippen LogP contribution in [0.15, 0.2) is 77.7 Å². The van der Waals surface area contributed by atoms with Crippen LogP contribution in [0.4, 0.5) is 10.1 Å². The third kappa shape index (κ3) is 2.94. The van der Waals surface area contributed by atoms with E-state index in [-0.39, 0.29) is 17.1 Å². The van der Waals surface area contributed by atoms with Gasteiger partial charge in [0.15, 0.2) is 0 Å². The standard InChI is InChI=1S/C21H16FNOS/c1-14-6-12-17(13-7-14)23-20(24)18-4-2-3-5-19(18)25-21(23)15-8-10-16(22)11-9-15/h2-13,21H,1H3. The molecular formula is C21H16FNOS. The van der Waals surface area contributed by atoms with Crippen LogP contribution in [0, 0.1) is 12.7 Å². The van der Waals surface area contributed by atoms with Crippen LogP contribution in [0.2, 0.25) is 0 Å². The van der Waals surface area contributed by atoms with Gasteiger partial charge in [0.25, 0.3) is 5.91 Å². The van der Waals surface area contributed by atoms with Crippen molar-refractivity contribution >= 4 is 23.4 Å². The summed E-state index contributed by atoms with van der Waals surface area (Å²) >= 11 is 1.61. The summed E-state index contributed by atoms with van der Waals surface area (Å²) in [4.78, 5) is 15.9. The van der Waals surface area contributed by atoms with Crippen molar-refractivity contribution in [3.63, 3.8) is 0 Å². The zero-order chi connectivity index (χ0) is 17.4. The topological polar surface area (TPSA) is 20.3 Å². The molecular weight excluding hydrogens is 333 g/mol. The zero-order valence-electron chi connectivity index (χ0n) is 13.6. The van der Waals surface area contributed by atoms with Gasteiger partial charge in [-0.15, -0.1) is 0 Å². The summed E-state index contributed by atoms with van der Waals surface area (Å²) in [5.74, 6) is -0.314. The van der Waals surface area contributed by atoms with Gasteiger partial charge in [0.1, 0.15) is 11.2 Å². The predicted molar refractivity (Wildman–Crippen MR) is 99.4 cm³/mol. The number of thioether (sulfide) groups is 1. The van der Waals surface area contributed by atoms with Crippen molar-refractivity contribution in [3.05, 3.63) is 95.3 Å². The molecule has 0 saturated heterocycles. The molecule has 3 aromatic carbocycles. The molecule has 0 spiro atoms. The Kier molecular flexibility index (Phi) is 4.06. The number of rotatable bonds is 2. The SMILES string of the molecule is Cc1ccc(N2C(=O)c3ccccc3SC2c2ccc(F)cc2)cc1. The molecule has 0 aromatic heterocycles. The van der Waals surface area contributed by atoms with Gasteiger partial charge in [-0.1, -0.05) is 53.7 Å². The summed E-state index contributed by atoms with van der Waals surface area (Å²) in [7, 11) is 0. The Morgan fingerprint density at radius 2 is 1.60 bits per heavy atom. The number of aryl methyl sites for hydroxylation is 1. The molecule has 4 heteroatoms. The van der Waals surface area contributed by atoms with Crippen molar-refractivity contribution < 1.29 is 9.18 Å². The van der Waals surface area contributed by atoms with E-state index >= 15 is 0 Å². The molecule has 0 saturated carbocycles. The van der Waals surface area contributed by atoms with Crippen LogP contribution in [-0.4, -0.2) is 5.91 Å². The van der Waals surface area contributed by atoms with E-state index in [0.29, 0.717) is 5.56 Å². The Morgan fingerprint density at radius 1 is 0.920 bits per heavy atom. The van der Waals surface area contributed by atoms with Gasteiger partial charge >= 0.3 is 0 Å². The van der Waals surface area contributed by atoms with E-state index in [1.165, 1.54) is 12.1 Å². The summed E-state index contributed by atoms with van der Waals surface area (Å²) < 4.78 is 13.3. The number of halogens is 1. The second-order valence-corrected chi connectivity index (χ2v) is 7.15. The summed E-state index contributed by atoms with van der Waals surface area (Å²) in [5.41, 5.74) is 3.58. The van der Waals surface area contributed by atoms with Crippen LogP contribution in [0.25, 0.3) is 0 Å². The van der Waals surface area contributed by atoms with Crippen molar-refractivity contribution in [1.29, 1.82) is 0 Å². The van der Waals surface area contributed by atoms with E-state index in [4.69, 9.17) is 0 Å². The molecule has 124 valence electrons. The number of hydrogen-bond acceptors (Lipinski definition) is 2. The first-order valence-electron chi connectivity index (χ1n) is 8.05. The Labute approximate surface area is 150 Å². The largest absolute Gasteiger partial charge is 0.291 e. The quantitative estimate of drug-likeness (QED) is 0.601. The molecule has 1 aliphatic rings. The zero-order valence-corrected chi connectivity index (χ0v) is 14.5. The Morgan fingerprint density at radius 3 is 2.32 bits per heavy atom. The monoisotopic (exact) mass is 349 g/mol. The van der Waals surface area contributed by atoms with Gasteiger partial charge in [-0.25, -0.2) is 4.39 Å². The van der Waals surface area contributed by atoms with Crippen LogP contribution in [0.3, 0.4) is 0 Å². The van der Waals surface area contributed by atoms with Crippen LogP contribution in [-0.2, 0) is 0 Å². The lowest BCUT2D eigenvalue weighted by Crippen LogP contribution is -2.36. The number of carbonyl (C=O) groups excluding carboxylic acids is 1. The molecule has 0 fully saturated rings. The van der Waals surface area contributed by atoms with E-state index in [1.54, 1.807) is 28.8 Å². The minimum atomic E-state index is -0.279. The van der Waals surface area contributed by atoms with Crippen LogP contribution in [0.1, 0.15) is 26.9 Å². The van der Waals surface area contributed by atoms with Gasteiger partial charge < -0.3 is 0 Å². The first-order chi connectivity index (χ1) is 12.1. The minimum absolute atomic E-state index is 0.0347. The van der Waals surface area contributed by atoms with Gasteiger partial charge in [0.05, 0.1) is 5.56 Å². The van der Waals surface area contributed by atoms with Crippen LogP contribution < -0.4 is 4.90 Å². The van der Waals surface area contributed by atoms with E-state index in [0.717, 1.165) is 21.7 Å². The maximum Gasteiger partial charge on any atom is 0.260 e. The first kappa shape index (κ1) is 15.9. The summed E-state index contributed by atoms with van der Waals surface area (Å²) in [5, 5.41) is -0.231. The predicted octanol–water partition coefficient (Wildman–Crippen LogP) is 5.59. The molecule has 1 amide bonds. The highest BCUT2D eigenvalue weighted by atomic mass is 32.2. The van der Waals surface area contributed by atoms with Gasteiger partial charge in [0.2, 0.25) is 0 Å². The number of anilines is 1. The highest BCUT2D eigenvalue weighted by Gasteiger charge is 2.34. The molecule has 0 bridgehead atoms. The first-order valence-corrected chi connectivity index (χ1v) is 8.93. The third-order valence-electron chi connectivity index (χ3n) is 4.28. The molecule has 0 N–H and O–H groups in total. The van der Waals surface area contributed by atoms with Gasteiger partial charge in [-0.2, -0.15) is 0 Å². The molecule has 0 radical (unpaired) electrons. The number of amides is 1. The lowest BCUT2D eigenvalue weighted by Gasteiger charge is -2.36. The number of benzene rings is 3. The highest BCUT2D eigenvalue weighted by molar-refractivity contribution is 7.99. The van der Waals surface area contributed by atoms with E-state index in [9.17, 15) is 9.18 Å².